The summed E-state index contributed by atoms with van der Waals surface area (Å²) in [5, 5.41) is 12.0. The van der Waals surface area contributed by atoms with Gasteiger partial charge in [-0.1, -0.05) is 18.2 Å². The van der Waals surface area contributed by atoms with Crippen molar-refractivity contribution in [2.75, 3.05) is 25.1 Å². The van der Waals surface area contributed by atoms with Crippen molar-refractivity contribution < 1.29 is 9.47 Å². The summed E-state index contributed by atoms with van der Waals surface area (Å²) in [7, 11) is 0. The van der Waals surface area contributed by atoms with Crippen molar-refractivity contribution in [2.24, 2.45) is 0 Å². The quantitative estimate of drug-likeness (QED) is 0.489. The Bertz CT molecular complexity index is 1140. The van der Waals surface area contributed by atoms with E-state index < -0.39 is 0 Å². The fourth-order valence-electron chi connectivity index (χ4n) is 3.42. The molecule has 150 valence electrons. The Hall–Kier alpha value is -3.35. The molecule has 7 heteroatoms. The SMILES string of the molecule is CCOc1ccc(CCNc2nc3ccccc3n3c(C)nnc23)cc1OCC. The summed E-state index contributed by atoms with van der Waals surface area (Å²) in [6.45, 7) is 7.82. The zero-order valence-electron chi connectivity index (χ0n) is 17.0. The predicted octanol–water partition coefficient (Wildman–Crippen LogP) is 4.04. The first-order valence-electron chi connectivity index (χ1n) is 9.94. The Morgan fingerprint density at radius 2 is 1.76 bits per heavy atom. The van der Waals surface area contributed by atoms with Crippen molar-refractivity contribution in [3.05, 3.63) is 53.9 Å². The van der Waals surface area contributed by atoms with E-state index >= 15 is 0 Å². The van der Waals surface area contributed by atoms with Crippen molar-refractivity contribution in [1.29, 1.82) is 0 Å². The van der Waals surface area contributed by atoms with Gasteiger partial charge < -0.3 is 14.8 Å². The number of benzene rings is 2. The first kappa shape index (κ1) is 19.0. The maximum atomic E-state index is 5.72. The van der Waals surface area contributed by atoms with Gasteiger partial charge in [0.2, 0.25) is 5.65 Å². The van der Waals surface area contributed by atoms with Crippen molar-refractivity contribution in [1.82, 2.24) is 19.6 Å². The summed E-state index contributed by atoms with van der Waals surface area (Å²) in [5.74, 6) is 3.14. The lowest BCUT2D eigenvalue weighted by Crippen LogP contribution is -2.09. The van der Waals surface area contributed by atoms with Crippen molar-refractivity contribution in [2.45, 2.75) is 27.2 Å². The molecule has 0 radical (unpaired) electrons. The minimum Gasteiger partial charge on any atom is -0.490 e. The molecule has 2 aromatic heterocycles. The number of nitrogens with one attached hydrogen (secondary N) is 1. The van der Waals surface area contributed by atoms with Crippen LogP contribution in [0.2, 0.25) is 0 Å². The van der Waals surface area contributed by atoms with E-state index in [4.69, 9.17) is 14.5 Å². The zero-order valence-corrected chi connectivity index (χ0v) is 17.0. The average Bonchev–Trinajstić information content (AvgIpc) is 3.12. The van der Waals surface area contributed by atoms with Crippen LogP contribution in [0.25, 0.3) is 16.7 Å². The topological polar surface area (TPSA) is 73.6 Å². The first-order valence-corrected chi connectivity index (χ1v) is 9.94. The number of rotatable bonds is 8. The van der Waals surface area contributed by atoms with E-state index in [0.29, 0.717) is 19.8 Å². The highest BCUT2D eigenvalue weighted by molar-refractivity contribution is 5.82. The van der Waals surface area contributed by atoms with Crippen LogP contribution in [0.3, 0.4) is 0 Å². The molecule has 0 aliphatic heterocycles. The van der Waals surface area contributed by atoms with Crippen LogP contribution >= 0.6 is 0 Å². The number of fused-ring (bicyclic) bond motifs is 3. The molecule has 0 saturated carbocycles. The lowest BCUT2D eigenvalue weighted by atomic mass is 10.1. The third-order valence-electron chi connectivity index (χ3n) is 4.71. The third-order valence-corrected chi connectivity index (χ3v) is 4.71. The van der Waals surface area contributed by atoms with E-state index in [1.807, 2.05) is 61.6 Å². The Labute approximate surface area is 169 Å². The molecule has 0 atom stereocenters. The van der Waals surface area contributed by atoms with E-state index in [1.165, 1.54) is 5.56 Å². The molecular weight excluding hydrogens is 366 g/mol. The largest absolute Gasteiger partial charge is 0.490 e. The molecule has 0 aliphatic carbocycles. The highest BCUT2D eigenvalue weighted by atomic mass is 16.5. The van der Waals surface area contributed by atoms with Gasteiger partial charge in [0.15, 0.2) is 17.3 Å². The molecule has 4 rings (SSSR count). The average molecular weight is 391 g/mol. The van der Waals surface area contributed by atoms with Gasteiger partial charge in [0, 0.05) is 6.54 Å². The molecular formula is C22H25N5O2. The van der Waals surface area contributed by atoms with Crippen molar-refractivity contribution in [3.63, 3.8) is 0 Å². The molecule has 1 N–H and O–H groups in total. The lowest BCUT2D eigenvalue weighted by molar-refractivity contribution is 0.287. The molecule has 2 aromatic carbocycles. The second-order valence-electron chi connectivity index (χ2n) is 6.68. The Morgan fingerprint density at radius 3 is 2.59 bits per heavy atom. The van der Waals surface area contributed by atoms with Crippen LogP contribution in [0.1, 0.15) is 25.2 Å². The molecule has 7 nitrogen and oxygen atoms in total. The minimum atomic E-state index is 0.604. The van der Waals surface area contributed by atoms with Gasteiger partial charge in [-0.05, 0) is 57.0 Å². The second-order valence-corrected chi connectivity index (χ2v) is 6.68. The first-order chi connectivity index (χ1) is 14.2. The number of aryl methyl sites for hydroxylation is 1. The molecule has 4 aromatic rings. The molecule has 2 heterocycles. The fourth-order valence-corrected chi connectivity index (χ4v) is 3.42. The van der Waals surface area contributed by atoms with E-state index in [0.717, 1.165) is 46.2 Å². The Balaban J connectivity index is 1.55. The second kappa shape index (κ2) is 8.34. The normalized spacial score (nSPS) is 11.1. The van der Waals surface area contributed by atoms with Crippen molar-refractivity contribution in [3.8, 4) is 11.5 Å². The number of ether oxygens (including phenoxy) is 2. The summed E-state index contributed by atoms with van der Waals surface area (Å²) >= 11 is 0. The number of hydrogen-bond donors (Lipinski definition) is 1. The van der Waals surface area contributed by atoms with Crippen LogP contribution in [0.15, 0.2) is 42.5 Å². The zero-order chi connectivity index (χ0) is 20.2. The van der Waals surface area contributed by atoms with Crippen LogP contribution in [-0.2, 0) is 6.42 Å². The number of nitrogens with zero attached hydrogens (tertiary/aromatic N) is 4. The van der Waals surface area contributed by atoms with E-state index in [-0.39, 0.29) is 0 Å². The van der Waals surface area contributed by atoms with Gasteiger partial charge in [-0.15, -0.1) is 10.2 Å². The van der Waals surface area contributed by atoms with E-state index in [2.05, 4.69) is 21.6 Å². The molecule has 29 heavy (non-hydrogen) atoms. The standard InChI is InChI=1S/C22H25N5O2/c1-4-28-19-11-10-16(14-20(19)29-5-2)12-13-23-21-22-26-25-15(3)27(22)18-9-7-6-8-17(18)24-21/h6-11,14H,4-5,12-13H2,1-3H3,(H,23,24). The van der Waals surface area contributed by atoms with Crippen LogP contribution < -0.4 is 14.8 Å². The summed E-state index contributed by atoms with van der Waals surface area (Å²) in [6.07, 6.45) is 0.820. The van der Waals surface area contributed by atoms with Crippen LogP contribution in [0.5, 0.6) is 11.5 Å². The van der Waals surface area contributed by atoms with Gasteiger partial charge in [0.05, 0.1) is 24.2 Å². The molecule has 0 spiro atoms. The lowest BCUT2D eigenvalue weighted by Gasteiger charge is -2.13. The van der Waals surface area contributed by atoms with E-state index in [9.17, 15) is 0 Å². The summed E-state index contributed by atoms with van der Waals surface area (Å²) in [4.78, 5) is 4.75. The maximum Gasteiger partial charge on any atom is 0.204 e. The van der Waals surface area contributed by atoms with Gasteiger partial charge in [-0.2, -0.15) is 0 Å². The number of aromatic nitrogens is 4. The summed E-state index contributed by atoms with van der Waals surface area (Å²) in [5.41, 5.74) is 3.82. The van der Waals surface area contributed by atoms with Crippen LogP contribution in [0, 0.1) is 6.92 Å². The summed E-state index contributed by atoms with van der Waals surface area (Å²) in [6, 6.07) is 14.1. The molecule has 0 amide bonds. The Morgan fingerprint density at radius 1 is 0.966 bits per heavy atom. The number of hydrogen-bond acceptors (Lipinski definition) is 6. The Kier molecular flexibility index (Phi) is 5.46. The van der Waals surface area contributed by atoms with Crippen molar-refractivity contribution >= 4 is 22.5 Å². The third kappa shape index (κ3) is 3.81. The molecule has 0 aliphatic rings. The van der Waals surface area contributed by atoms with Gasteiger partial charge in [0.25, 0.3) is 0 Å². The molecule has 0 fully saturated rings. The smallest absolute Gasteiger partial charge is 0.204 e. The van der Waals surface area contributed by atoms with Gasteiger partial charge >= 0.3 is 0 Å². The number of para-hydroxylation sites is 2. The predicted molar refractivity (Wildman–Crippen MR) is 114 cm³/mol. The number of anilines is 1. The maximum absolute atomic E-state index is 5.72. The van der Waals surface area contributed by atoms with Gasteiger partial charge in [0.1, 0.15) is 5.82 Å². The van der Waals surface area contributed by atoms with Crippen LogP contribution in [-0.4, -0.2) is 39.3 Å². The van der Waals surface area contributed by atoms with Gasteiger partial charge in [-0.3, -0.25) is 4.40 Å². The highest BCUT2D eigenvalue weighted by Gasteiger charge is 2.13. The van der Waals surface area contributed by atoms with Crippen LogP contribution in [0.4, 0.5) is 5.82 Å². The van der Waals surface area contributed by atoms with Gasteiger partial charge in [-0.25, -0.2) is 4.98 Å². The molecule has 0 bridgehead atoms. The van der Waals surface area contributed by atoms with E-state index in [1.54, 1.807) is 0 Å². The fraction of sp³-hybridized carbons (Fsp3) is 0.318. The highest BCUT2D eigenvalue weighted by Crippen LogP contribution is 2.29. The molecule has 0 unspecified atom stereocenters. The minimum absolute atomic E-state index is 0.604. The summed E-state index contributed by atoms with van der Waals surface area (Å²) < 4.78 is 13.4. The molecule has 0 saturated heterocycles. The monoisotopic (exact) mass is 391 g/mol.